The molecule has 116 valence electrons. The van der Waals surface area contributed by atoms with Crippen molar-refractivity contribution in [2.45, 2.75) is 26.3 Å². The van der Waals surface area contributed by atoms with Crippen molar-refractivity contribution in [2.75, 3.05) is 26.2 Å². The summed E-state index contributed by atoms with van der Waals surface area (Å²) >= 11 is 7.17. The van der Waals surface area contributed by atoms with Crippen molar-refractivity contribution in [2.24, 2.45) is 0 Å². The lowest BCUT2D eigenvalue weighted by Gasteiger charge is -2.23. The van der Waals surface area contributed by atoms with Gasteiger partial charge in [-0.1, -0.05) is 11.6 Å². The van der Waals surface area contributed by atoms with E-state index in [1.165, 1.54) is 11.3 Å². The number of hydrogen-bond acceptors (Lipinski definition) is 3. The van der Waals surface area contributed by atoms with Crippen molar-refractivity contribution in [3.63, 3.8) is 0 Å². The highest BCUT2D eigenvalue weighted by atomic mass is 35.5. The van der Waals surface area contributed by atoms with E-state index in [1.54, 1.807) is 21.9 Å². The number of nitrogens with zero attached hydrogens (tertiary/aromatic N) is 2. The molecule has 0 aliphatic carbocycles. The van der Waals surface area contributed by atoms with Gasteiger partial charge in [-0.15, -0.1) is 11.3 Å². The lowest BCUT2D eigenvalue weighted by Crippen LogP contribution is -2.44. The molecule has 1 saturated heterocycles. The number of rotatable bonds is 2. The average Bonchev–Trinajstić information content (AvgIpc) is 2.71. The van der Waals surface area contributed by atoms with Crippen LogP contribution in [0.3, 0.4) is 0 Å². The van der Waals surface area contributed by atoms with E-state index in [4.69, 9.17) is 11.6 Å². The fraction of sp³-hybridized carbons (Fsp3) is 0.571. The van der Waals surface area contributed by atoms with Crippen molar-refractivity contribution in [1.29, 1.82) is 0 Å². The number of carbonyl (C=O) groups is 2. The van der Waals surface area contributed by atoms with Crippen molar-refractivity contribution in [3.8, 4) is 0 Å². The first kappa shape index (κ1) is 16.1. The maximum Gasteiger partial charge on any atom is 0.317 e. The van der Waals surface area contributed by atoms with Gasteiger partial charge in [0, 0.05) is 32.2 Å². The van der Waals surface area contributed by atoms with Crippen LogP contribution in [0.15, 0.2) is 12.1 Å². The zero-order valence-electron chi connectivity index (χ0n) is 12.3. The van der Waals surface area contributed by atoms with Gasteiger partial charge in [-0.25, -0.2) is 4.79 Å². The summed E-state index contributed by atoms with van der Waals surface area (Å²) in [5, 5.41) is 2.89. The highest BCUT2D eigenvalue weighted by molar-refractivity contribution is 7.17. The van der Waals surface area contributed by atoms with E-state index in [0.29, 0.717) is 35.4 Å². The third kappa shape index (κ3) is 4.35. The standard InChI is InChI=1S/C14H20ClN3O2S/c1-10(2)16-14(20)18-7-3-6-17(8-9-18)13(19)11-4-5-12(15)21-11/h4-5,10H,3,6-9H2,1-2H3,(H,16,20). The Balaban J connectivity index is 1.94. The Morgan fingerprint density at radius 3 is 2.48 bits per heavy atom. The summed E-state index contributed by atoms with van der Waals surface area (Å²) in [7, 11) is 0. The molecule has 1 aliphatic heterocycles. The van der Waals surface area contributed by atoms with E-state index in [0.717, 1.165) is 6.42 Å². The minimum Gasteiger partial charge on any atom is -0.336 e. The molecule has 0 saturated carbocycles. The number of amides is 3. The predicted molar refractivity (Wildman–Crippen MR) is 85.1 cm³/mol. The first-order valence-corrected chi connectivity index (χ1v) is 8.27. The summed E-state index contributed by atoms with van der Waals surface area (Å²) in [6.45, 7) is 6.33. The fourth-order valence-electron chi connectivity index (χ4n) is 2.25. The SMILES string of the molecule is CC(C)NC(=O)N1CCCN(C(=O)c2ccc(Cl)s2)CC1. The van der Waals surface area contributed by atoms with Gasteiger partial charge in [0.2, 0.25) is 0 Å². The first-order valence-electron chi connectivity index (χ1n) is 7.07. The Bertz CT molecular complexity index is 518. The predicted octanol–water partition coefficient (Wildman–Crippen LogP) is 2.67. The fourth-order valence-corrected chi connectivity index (χ4v) is 3.26. The van der Waals surface area contributed by atoms with Crippen LogP contribution in [0, 0.1) is 0 Å². The Morgan fingerprint density at radius 2 is 1.86 bits per heavy atom. The number of nitrogens with one attached hydrogen (secondary N) is 1. The number of urea groups is 1. The van der Waals surface area contributed by atoms with Crippen molar-refractivity contribution >= 4 is 34.9 Å². The minimum atomic E-state index is -0.0570. The molecule has 1 aromatic rings. The Morgan fingerprint density at radius 1 is 1.19 bits per heavy atom. The molecule has 7 heteroatoms. The second-order valence-electron chi connectivity index (χ2n) is 5.34. The lowest BCUT2D eigenvalue weighted by atomic mass is 10.3. The molecule has 0 bridgehead atoms. The summed E-state index contributed by atoms with van der Waals surface area (Å²) in [6.07, 6.45) is 0.788. The zero-order chi connectivity index (χ0) is 15.4. The van der Waals surface area contributed by atoms with Crippen LogP contribution < -0.4 is 5.32 Å². The van der Waals surface area contributed by atoms with Gasteiger partial charge < -0.3 is 15.1 Å². The molecule has 0 unspecified atom stereocenters. The van der Waals surface area contributed by atoms with E-state index in [1.807, 2.05) is 13.8 Å². The minimum absolute atomic E-state index is 0.00184. The average molecular weight is 330 g/mol. The first-order chi connectivity index (χ1) is 9.97. The molecule has 0 spiro atoms. The molecule has 2 heterocycles. The van der Waals surface area contributed by atoms with Crippen LogP contribution in [0.1, 0.15) is 29.9 Å². The molecule has 3 amide bonds. The molecule has 1 N–H and O–H groups in total. The molecular weight excluding hydrogens is 310 g/mol. The monoisotopic (exact) mass is 329 g/mol. The van der Waals surface area contributed by atoms with Gasteiger partial charge in [-0.05, 0) is 32.4 Å². The lowest BCUT2D eigenvalue weighted by molar-refractivity contribution is 0.0767. The zero-order valence-corrected chi connectivity index (χ0v) is 13.8. The number of thiophene rings is 1. The van der Waals surface area contributed by atoms with Crippen LogP contribution in [-0.2, 0) is 0 Å². The third-order valence-electron chi connectivity index (χ3n) is 3.27. The van der Waals surface area contributed by atoms with Gasteiger partial charge >= 0.3 is 6.03 Å². The van der Waals surface area contributed by atoms with E-state index >= 15 is 0 Å². The number of hydrogen-bond donors (Lipinski definition) is 1. The van der Waals surface area contributed by atoms with E-state index in [9.17, 15) is 9.59 Å². The van der Waals surface area contributed by atoms with Gasteiger partial charge in [0.15, 0.2) is 0 Å². The van der Waals surface area contributed by atoms with Crippen LogP contribution in [0.25, 0.3) is 0 Å². The topological polar surface area (TPSA) is 52.7 Å². The Kier molecular flexibility index (Phi) is 5.47. The Labute approximate surface area is 133 Å². The van der Waals surface area contributed by atoms with Crippen LogP contribution in [0.5, 0.6) is 0 Å². The van der Waals surface area contributed by atoms with E-state index < -0.39 is 0 Å². The van der Waals surface area contributed by atoms with Gasteiger partial charge in [0.1, 0.15) is 0 Å². The number of halogens is 1. The highest BCUT2D eigenvalue weighted by Gasteiger charge is 2.23. The second-order valence-corrected chi connectivity index (χ2v) is 7.06. The number of carbonyl (C=O) groups excluding carboxylic acids is 2. The smallest absolute Gasteiger partial charge is 0.317 e. The molecule has 0 radical (unpaired) electrons. The van der Waals surface area contributed by atoms with Crippen LogP contribution >= 0.6 is 22.9 Å². The molecule has 0 atom stereocenters. The van der Waals surface area contributed by atoms with Gasteiger partial charge in [-0.3, -0.25) is 4.79 Å². The Hall–Kier alpha value is -1.27. The van der Waals surface area contributed by atoms with Gasteiger partial charge in [-0.2, -0.15) is 0 Å². The molecule has 21 heavy (non-hydrogen) atoms. The quantitative estimate of drug-likeness (QED) is 0.907. The summed E-state index contributed by atoms with van der Waals surface area (Å²) in [6, 6.07) is 3.55. The summed E-state index contributed by atoms with van der Waals surface area (Å²) in [5.41, 5.74) is 0. The van der Waals surface area contributed by atoms with Crippen molar-refractivity contribution in [3.05, 3.63) is 21.3 Å². The summed E-state index contributed by atoms with van der Waals surface area (Å²) in [4.78, 5) is 28.6. The van der Waals surface area contributed by atoms with Gasteiger partial charge in [0.25, 0.3) is 5.91 Å². The van der Waals surface area contributed by atoms with Crippen LogP contribution in [0.4, 0.5) is 4.79 Å². The van der Waals surface area contributed by atoms with Gasteiger partial charge in [0.05, 0.1) is 9.21 Å². The highest BCUT2D eigenvalue weighted by Crippen LogP contribution is 2.23. The molecule has 2 rings (SSSR count). The van der Waals surface area contributed by atoms with Crippen LogP contribution in [0.2, 0.25) is 4.34 Å². The molecule has 1 aromatic heterocycles. The second kappa shape index (κ2) is 7.13. The maximum atomic E-state index is 12.4. The molecule has 0 aromatic carbocycles. The molecule has 5 nitrogen and oxygen atoms in total. The molecule has 1 aliphatic rings. The van der Waals surface area contributed by atoms with Crippen molar-refractivity contribution in [1.82, 2.24) is 15.1 Å². The molecular formula is C14H20ClN3O2S. The maximum absolute atomic E-state index is 12.4. The van der Waals surface area contributed by atoms with E-state index in [-0.39, 0.29) is 18.0 Å². The third-order valence-corrected chi connectivity index (χ3v) is 4.49. The van der Waals surface area contributed by atoms with Crippen molar-refractivity contribution < 1.29 is 9.59 Å². The molecule has 1 fully saturated rings. The van der Waals surface area contributed by atoms with Crippen LogP contribution in [-0.4, -0.2) is 54.0 Å². The van der Waals surface area contributed by atoms with E-state index in [2.05, 4.69) is 5.32 Å². The summed E-state index contributed by atoms with van der Waals surface area (Å²) in [5.74, 6) is -0.00184. The largest absolute Gasteiger partial charge is 0.336 e. The normalized spacial score (nSPS) is 16.0. The summed E-state index contributed by atoms with van der Waals surface area (Å²) < 4.78 is 0.617.